The molecule has 3 atom stereocenters. The van der Waals surface area contributed by atoms with E-state index < -0.39 is 11.8 Å². The van der Waals surface area contributed by atoms with Gasteiger partial charge < -0.3 is 10.6 Å². The average Bonchev–Trinajstić information content (AvgIpc) is 2.31. The van der Waals surface area contributed by atoms with Gasteiger partial charge in [0.25, 0.3) is 0 Å². The van der Waals surface area contributed by atoms with E-state index in [4.69, 9.17) is 5.26 Å². The second kappa shape index (κ2) is 6.24. The Morgan fingerprint density at radius 1 is 1.29 bits per heavy atom. The number of nitriles is 1. The fraction of sp³-hybridized carbons (Fsp3) is 0.750. The fourth-order valence-electron chi connectivity index (χ4n) is 2.22. The highest BCUT2D eigenvalue weighted by Crippen LogP contribution is 2.29. The molecule has 0 bridgehead atoms. The Morgan fingerprint density at radius 2 is 2.00 bits per heavy atom. The van der Waals surface area contributed by atoms with Gasteiger partial charge in [-0.3, -0.25) is 9.59 Å². The Kier molecular flexibility index (Phi) is 4.95. The highest BCUT2D eigenvalue weighted by molar-refractivity contribution is 6.35. The predicted octanol–water partition coefficient (Wildman–Crippen LogP) is 0.567. The number of rotatable bonds is 2. The first-order valence-electron chi connectivity index (χ1n) is 6.02. The molecule has 1 saturated carbocycles. The average molecular weight is 237 g/mol. The largest absolute Gasteiger partial charge is 0.345 e. The Labute approximate surface area is 102 Å². The lowest BCUT2D eigenvalue weighted by atomic mass is 9.78. The topological polar surface area (TPSA) is 82.0 Å². The summed E-state index contributed by atoms with van der Waals surface area (Å²) in [7, 11) is 0. The predicted molar refractivity (Wildman–Crippen MR) is 62.7 cm³/mol. The molecule has 2 amide bonds. The van der Waals surface area contributed by atoms with Crippen LogP contribution in [0.1, 0.15) is 33.1 Å². The zero-order valence-electron chi connectivity index (χ0n) is 10.3. The Balaban J connectivity index is 2.45. The summed E-state index contributed by atoms with van der Waals surface area (Å²) in [5, 5.41) is 13.3. The minimum Gasteiger partial charge on any atom is -0.345 e. The highest BCUT2D eigenvalue weighted by atomic mass is 16.2. The minimum atomic E-state index is -0.725. The van der Waals surface area contributed by atoms with Crippen LogP contribution >= 0.6 is 0 Å². The molecule has 1 aliphatic rings. The molecule has 5 nitrogen and oxygen atoms in total. The van der Waals surface area contributed by atoms with E-state index in [-0.39, 0.29) is 12.6 Å². The van der Waals surface area contributed by atoms with Crippen molar-refractivity contribution < 1.29 is 9.59 Å². The number of amides is 2. The summed E-state index contributed by atoms with van der Waals surface area (Å²) in [6.07, 6.45) is 3.17. The Hall–Kier alpha value is -1.57. The van der Waals surface area contributed by atoms with Crippen LogP contribution in [0.4, 0.5) is 0 Å². The maximum absolute atomic E-state index is 11.5. The number of nitrogens with zero attached hydrogens (tertiary/aromatic N) is 1. The third-order valence-corrected chi connectivity index (χ3v) is 3.56. The molecule has 0 aliphatic heterocycles. The summed E-state index contributed by atoms with van der Waals surface area (Å²) >= 11 is 0. The Morgan fingerprint density at radius 3 is 2.65 bits per heavy atom. The van der Waals surface area contributed by atoms with Crippen LogP contribution in [0.5, 0.6) is 0 Å². The molecule has 5 heteroatoms. The monoisotopic (exact) mass is 237 g/mol. The molecule has 0 aromatic rings. The van der Waals surface area contributed by atoms with Crippen molar-refractivity contribution in [3.8, 4) is 6.07 Å². The first kappa shape index (κ1) is 13.5. The van der Waals surface area contributed by atoms with Crippen molar-refractivity contribution in [2.45, 2.75) is 39.2 Å². The van der Waals surface area contributed by atoms with E-state index in [1.54, 1.807) is 6.07 Å². The van der Waals surface area contributed by atoms with E-state index in [1.807, 2.05) is 0 Å². The first-order valence-corrected chi connectivity index (χ1v) is 6.02. The van der Waals surface area contributed by atoms with Crippen LogP contribution in [0.2, 0.25) is 0 Å². The van der Waals surface area contributed by atoms with E-state index in [2.05, 4.69) is 24.5 Å². The van der Waals surface area contributed by atoms with E-state index in [0.29, 0.717) is 11.8 Å². The number of hydrogen-bond donors (Lipinski definition) is 2. The molecule has 0 heterocycles. The molecule has 17 heavy (non-hydrogen) atoms. The van der Waals surface area contributed by atoms with Crippen LogP contribution in [-0.2, 0) is 9.59 Å². The van der Waals surface area contributed by atoms with Crippen molar-refractivity contribution in [3.05, 3.63) is 0 Å². The van der Waals surface area contributed by atoms with Crippen molar-refractivity contribution in [1.29, 1.82) is 5.26 Å². The van der Waals surface area contributed by atoms with Crippen LogP contribution in [0, 0.1) is 23.2 Å². The summed E-state index contributed by atoms with van der Waals surface area (Å²) in [4.78, 5) is 22.8. The van der Waals surface area contributed by atoms with Crippen molar-refractivity contribution in [1.82, 2.24) is 10.6 Å². The third-order valence-electron chi connectivity index (χ3n) is 3.56. The van der Waals surface area contributed by atoms with Crippen LogP contribution in [0.25, 0.3) is 0 Å². The standard InChI is InChI=1S/C12H19N3O2/c1-8-4-3-5-10(9(8)2)15-12(17)11(16)14-7-6-13/h8-10H,3-5,7H2,1-2H3,(H,14,16)(H,15,17). The summed E-state index contributed by atoms with van der Waals surface area (Å²) < 4.78 is 0. The lowest BCUT2D eigenvalue weighted by Crippen LogP contribution is -2.49. The fourth-order valence-corrected chi connectivity index (χ4v) is 2.22. The van der Waals surface area contributed by atoms with Crippen LogP contribution in [0.15, 0.2) is 0 Å². The van der Waals surface area contributed by atoms with Gasteiger partial charge in [0, 0.05) is 6.04 Å². The normalized spacial score (nSPS) is 27.9. The molecule has 0 spiro atoms. The number of carbonyl (C=O) groups is 2. The number of carbonyl (C=O) groups excluding carboxylic acids is 2. The van der Waals surface area contributed by atoms with E-state index >= 15 is 0 Å². The second-order valence-corrected chi connectivity index (χ2v) is 4.69. The molecule has 1 fully saturated rings. The molecule has 1 rings (SSSR count). The second-order valence-electron chi connectivity index (χ2n) is 4.69. The SMILES string of the molecule is CC1CCCC(NC(=O)C(=O)NCC#N)C1C. The van der Waals surface area contributed by atoms with E-state index in [1.165, 1.54) is 6.42 Å². The molecular formula is C12H19N3O2. The van der Waals surface area contributed by atoms with Gasteiger partial charge in [0.15, 0.2) is 0 Å². The van der Waals surface area contributed by atoms with Gasteiger partial charge in [-0.15, -0.1) is 0 Å². The molecule has 0 aromatic heterocycles. The van der Waals surface area contributed by atoms with Gasteiger partial charge in [-0.25, -0.2) is 0 Å². The van der Waals surface area contributed by atoms with Crippen LogP contribution in [-0.4, -0.2) is 24.4 Å². The molecule has 2 N–H and O–H groups in total. The number of hydrogen-bond acceptors (Lipinski definition) is 3. The van der Waals surface area contributed by atoms with Gasteiger partial charge in [0.05, 0.1) is 6.07 Å². The van der Waals surface area contributed by atoms with E-state index in [0.717, 1.165) is 12.8 Å². The van der Waals surface area contributed by atoms with Gasteiger partial charge in [-0.05, 0) is 18.3 Å². The zero-order valence-corrected chi connectivity index (χ0v) is 10.3. The maximum atomic E-state index is 11.5. The van der Waals surface area contributed by atoms with Crippen molar-refractivity contribution in [2.24, 2.45) is 11.8 Å². The first-order chi connectivity index (χ1) is 8.06. The molecule has 3 unspecified atom stereocenters. The molecule has 0 saturated heterocycles. The van der Waals surface area contributed by atoms with Crippen LogP contribution in [0.3, 0.4) is 0 Å². The molecule has 0 radical (unpaired) electrons. The van der Waals surface area contributed by atoms with Gasteiger partial charge in [0.1, 0.15) is 6.54 Å². The van der Waals surface area contributed by atoms with Gasteiger partial charge >= 0.3 is 11.8 Å². The lowest BCUT2D eigenvalue weighted by Gasteiger charge is -2.34. The summed E-state index contributed by atoms with van der Waals surface area (Å²) in [6.45, 7) is 4.13. The van der Waals surface area contributed by atoms with Gasteiger partial charge in [-0.1, -0.05) is 26.7 Å². The summed E-state index contributed by atoms with van der Waals surface area (Å²) in [5.74, 6) is -0.407. The van der Waals surface area contributed by atoms with Crippen molar-refractivity contribution in [3.63, 3.8) is 0 Å². The molecule has 0 aromatic carbocycles. The van der Waals surface area contributed by atoms with Crippen molar-refractivity contribution >= 4 is 11.8 Å². The zero-order chi connectivity index (χ0) is 12.8. The quantitative estimate of drug-likeness (QED) is 0.544. The summed E-state index contributed by atoms with van der Waals surface area (Å²) in [5.41, 5.74) is 0. The van der Waals surface area contributed by atoms with Crippen molar-refractivity contribution in [2.75, 3.05) is 6.54 Å². The maximum Gasteiger partial charge on any atom is 0.310 e. The van der Waals surface area contributed by atoms with Gasteiger partial charge in [0.2, 0.25) is 0 Å². The van der Waals surface area contributed by atoms with Gasteiger partial charge in [-0.2, -0.15) is 5.26 Å². The van der Waals surface area contributed by atoms with E-state index in [9.17, 15) is 9.59 Å². The highest BCUT2D eigenvalue weighted by Gasteiger charge is 2.29. The summed E-state index contributed by atoms with van der Waals surface area (Å²) in [6, 6.07) is 1.83. The molecule has 94 valence electrons. The van der Waals surface area contributed by atoms with Crippen LogP contribution < -0.4 is 10.6 Å². The number of nitrogens with one attached hydrogen (secondary N) is 2. The lowest BCUT2D eigenvalue weighted by molar-refractivity contribution is -0.139. The molecular weight excluding hydrogens is 218 g/mol. The minimum absolute atomic E-state index is 0.0686. The third kappa shape index (κ3) is 3.74. The Bertz CT molecular complexity index is 335. The molecule has 1 aliphatic carbocycles. The smallest absolute Gasteiger partial charge is 0.310 e.